The van der Waals surface area contributed by atoms with E-state index in [4.69, 9.17) is 0 Å². The lowest BCUT2D eigenvalue weighted by molar-refractivity contribution is 0.503. The van der Waals surface area contributed by atoms with Gasteiger partial charge in [-0.3, -0.25) is 0 Å². The number of pyridine rings is 1. The van der Waals surface area contributed by atoms with Crippen LogP contribution in [-0.2, 0) is 5.54 Å². The Hall–Kier alpha value is -0.960. The van der Waals surface area contributed by atoms with Crippen molar-refractivity contribution in [3.63, 3.8) is 0 Å². The fourth-order valence-electron chi connectivity index (χ4n) is 1.52. The van der Waals surface area contributed by atoms with Crippen LogP contribution in [0, 0.1) is 5.95 Å². The number of hydrogen-bond acceptors (Lipinski definition) is 2. The summed E-state index contributed by atoms with van der Waals surface area (Å²) in [5, 5.41) is 3.13. The van der Waals surface area contributed by atoms with Crippen molar-refractivity contribution >= 4 is 0 Å². The van der Waals surface area contributed by atoms with Crippen LogP contribution in [0.15, 0.2) is 18.3 Å². The Morgan fingerprint density at radius 1 is 1.58 bits per heavy atom. The Kier molecular flexibility index (Phi) is 1.61. The van der Waals surface area contributed by atoms with Crippen molar-refractivity contribution in [2.75, 3.05) is 7.05 Å². The SMILES string of the molecule is CNC1(c2cccnc2F)CC1. The van der Waals surface area contributed by atoms with Gasteiger partial charge < -0.3 is 5.32 Å². The molecule has 1 aromatic heterocycles. The fourth-order valence-corrected chi connectivity index (χ4v) is 1.52. The third-order valence-corrected chi connectivity index (χ3v) is 2.50. The maximum atomic E-state index is 13.2. The Morgan fingerprint density at radius 2 is 2.33 bits per heavy atom. The summed E-state index contributed by atoms with van der Waals surface area (Å²) >= 11 is 0. The zero-order chi connectivity index (χ0) is 8.60. The molecular formula is C9H11FN2. The molecular weight excluding hydrogens is 155 g/mol. The van der Waals surface area contributed by atoms with E-state index in [2.05, 4.69) is 10.3 Å². The average Bonchev–Trinajstić information content (AvgIpc) is 2.86. The third-order valence-electron chi connectivity index (χ3n) is 2.50. The predicted molar refractivity (Wildman–Crippen MR) is 44.2 cm³/mol. The maximum absolute atomic E-state index is 13.2. The van der Waals surface area contributed by atoms with E-state index < -0.39 is 0 Å². The number of rotatable bonds is 2. The summed E-state index contributed by atoms with van der Waals surface area (Å²) in [5.74, 6) is -0.343. The highest BCUT2D eigenvalue weighted by Gasteiger charge is 2.44. The average molecular weight is 166 g/mol. The Bertz CT molecular complexity index is 294. The first-order valence-electron chi connectivity index (χ1n) is 4.08. The summed E-state index contributed by atoms with van der Waals surface area (Å²) in [6, 6.07) is 3.57. The van der Waals surface area contributed by atoms with Crippen molar-refractivity contribution in [3.8, 4) is 0 Å². The molecule has 2 rings (SSSR count). The topological polar surface area (TPSA) is 24.9 Å². The lowest BCUT2D eigenvalue weighted by atomic mass is 10.1. The molecule has 2 nitrogen and oxygen atoms in total. The van der Waals surface area contributed by atoms with Crippen LogP contribution in [0.25, 0.3) is 0 Å². The second-order valence-electron chi connectivity index (χ2n) is 3.17. The number of nitrogens with zero attached hydrogens (tertiary/aromatic N) is 1. The van der Waals surface area contributed by atoms with Gasteiger partial charge in [-0.15, -0.1) is 0 Å². The van der Waals surface area contributed by atoms with Crippen LogP contribution in [0.4, 0.5) is 4.39 Å². The molecule has 1 aromatic rings. The summed E-state index contributed by atoms with van der Waals surface area (Å²) in [7, 11) is 1.86. The fraction of sp³-hybridized carbons (Fsp3) is 0.444. The van der Waals surface area contributed by atoms with Gasteiger partial charge in [0.25, 0.3) is 0 Å². The quantitative estimate of drug-likeness (QED) is 0.672. The van der Waals surface area contributed by atoms with E-state index in [-0.39, 0.29) is 11.5 Å². The van der Waals surface area contributed by atoms with E-state index in [1.807, 2.05) is 7.05 Å². The molecule has 0 spiro atoms. The molecule has 0 unspecified atom stereocenters. The van der Waals surface area contributed by atoms with Crippen LogP contribution in [-0.4, -0.2) is 12.0 Å². The van der Waals surface area contributed by atoms with Gasteiger partial charge in [-0.1, -0.05) is 6.07 Å². The van der Waals surface area contributed by atoms with Gasteiger partial charge in [0.1, 0.15) is 0 Å². The molecule has 0 bridgehead atoms. The minimum atomic E-state index is -0.343. The van der Waals surface area contributed by atoms with E-state index in [0.717, 1.165) is 12.8 Å². The van der Waals surface area contributed by atoms with Crippen molar-refractivity contribution in [2.45, 2.75) is 18.4 Å². The molecule has 0 aliphatic heterocycles. The zero-order valence-corrected chi connectivity index (χ0v) is 6.97. The highest BCUT2D eigenvalue weighted by molar-refractivity contribution is 5.28. The smallest absolute Gasteiger partial charge is 0.217 e. The Labute approximate surface area is 70.8 Å². The van der Waals surface area contributed by atoms with Crippen LogP contribution in [0.5, 0.6) is 0 Å². The lowest BCUT2D eigenvalue weighted by Gasteiger charge is -2.13. The summed E-state index contributed by atoms with van der Waals surface area (Å²) in [6.45, 7) is 0. The first-order chi connectivity index (χ1) is 5.78. The van der Waals surface area contributed by atoms with Gasteiger partial charge in [-0.05, 0) is 26.0 Å². The van der Waals surface area contributed by atoms with Gasteiger partial charge in [-0.25, -0.2) is 4.98 Å². The molecule has 0 saturated heterocycles. The number of aromatic nitrogens is 1. The van der Waals surface area contributed by atoms with Crippen molar-refractivity contribution in [2.24, 2.45) is 0 Å². The van der Waals surface area contributed by atoms with Crippen molar-refractivity contribution < 1.29 is 4.39 Å². The number of nitrogens with one attached hydrogen (secondary N) is 1. The normalized spacial score (nSPS) is 19.2. The summed E-state index contributed by atoms with van der Waals surface area (Å²) in [4.78, 5) is 3.63. The molecule has 12 heavy (non-hydrogen) atoms. The molecule has 0 atom stereocenters. The van der Waals surface area contributed by atoms with Gasteiger partial charge in [-0.2, -0.15) is 4.39 Å². The second kappa shape index (κ2) is 2.52. The van der Waals surface area contributed by atoms with Crippen LogP contribution in [0.1, 0.15) is 18.4 Å². The Balaban J connectivity index is 2.40. The van der Waals surface area contributed by atoms with Crippen LogP contribution in [0.3, 0.4) is 0 Å². The van der Waals surface area contributed by atoms with E-state index in [0.29, 0.717) is 5.56 Å². The Morgan fingerprint density at radius 3 is 2.83 bits per heavy atom. The van der Waals surface area contributed by atoms with Crippen molar-refractivity contribution in [3.05, 3.63) is 29.8 Å². The summed E-state index contributed by atoms with van der Waals surface area (Å²) in [6.07, 6.45) is 3.49. The molecule has 64 valence electrons. The van der Waals surface area contributed by atoms with Crippen molar-refractivity contribution in [1.82, 2.24) is 10.3 Å². The molecule has 0 aromatic carbocycles. The number of halogens is 1. The molecule has 0 amide bonds. The molecule has 1 aliphatic rings. The van der Waals surface area contributed by atoms with Gasteiger partial charge in [0.2, 0.25) is 5.95 Å². The highest BCUT2D eigenvalue weighted by atomic mass is 19.1. The standard InChI is InChI=1S/C9H11FN2/c1-11-9(4-5-9)7-3-2-6-12-8(7)10/h2-3,6,11H,4-5H2,1H3. The van der Waals surface area contributed by atoms with Crippen molar-refractivity contribution in [1.29, 1.82) is 0 Å². The van der Waals surface area contributed by atoms with Gasteiger partial charge in [0, 0.05) is 17.3 Å². The minimum Gasteiger partial charge on any atom is -0.310 e. The van der Waals surface area contributed by atoms with Crippen LogP contribution >= 0.6 is 0 Å². The van der Waals surface area contributed by atoms with Gasteiger partial charge in [0.05, 0.1) is 0 Å². The highest BCUT2D eigenvalue weighted by Crippen LogP contribution is 2.45. The molecule has 1 aliphatic carbocycles. The monoisotopic (exact) mass is 166 g/mol. The first kappa shape index (κ1) is 7.68. The molecule has 3 heteroatoms. The molecule has 0 radical (unpaired) electrons. The molecule has 1 N–H and O–H groups in total. The van der Waals surface area contributed by atoms with Crippen LogP contribution < -0.4 is 5.32 Å². The van der Waals surface area contributed by atoms with E-state index >= 15 is 0 Å². The minimum absolute atomic E-state index is 0.113. The van der Waals surface area contributed by atoms with Gasteiger partial charge >= 0.3 is 0 Å². The third kappa shape index (κ3) is 1.01. The van der Waals surface area contributed by atoms with E-state index in [1.165, 1.54) is 6.20 Å². The molecule has 1 fully saturated rings. The predicted octanol–water partition coefficient (Wildman–Crippen LogP) is 1.43. The van der Waals surface area contributed by atoms with E-state index in [9.17, 15) is 4.39 Å². The molecule has 1 saturated carbocycles. The summed E-state index contributed by atoms with van der Waals surface area (Å²) in [5.41, 5.74) is 0.589. The van der Waals surface area contributed by atoms with Gasteiger partial charge in [0.15, 0.2) is 0 Å². The first-order valence-corrected chi connectivity index (χ1v) is 4.08. The largest absolute Gasteiger partial charge is 0.310 e. The van der Waals surface area contributed by atoms with Crippen LogP contribution in [0.2, 0.25) is 0 Å². The lowest BCUT2D eigenvalue weighted by Crippen LogP contribution is -2.25. The zero-order valence-electron chi connectivity index (χ0n) is 6.97. The van der Waals surface area contributed by atoms with E-state index in [1.54, 1.807) is 12.1 Å². The summed E-state index contributed by atoms with van der Waals surface area (Å²) < 4.78 is 13.2. The second-order valence-corrected chi connectivity index (χ2v) is 3.17. The molecule has 1 heterocycles. The maximum Gasteiger partial charge on any atom is 0.217 e. The number of hydrogen-bond donors (Lipinski definition) is 1.